The van der Waals surface area contributed by atoms with Gasteiger partial charge in [0, 0.05) is 17.5 Å². The Balaban J connectivity index is 0.000000295. The van der Waals surface area contributed by atoms with Crippen molar-refractivity contribution in [2.45, 2.75) is 26.3 Å². The molecule has 0 saturated heterocycles. The highest BCUT2D eigenvalue weighted by atomic mass is 32.1. The highest BCUT2D eigenvalue weighted by molar-refractivity contribution is 7.20. The Labute approximate surface area is 349 Å². The van der Waals surface area contributed by atoms with Crippen LogP contribution in [-0.2, 0) is 6.54 Å². The number of thiazole rings is 1. The van der Waals surface area contributed by atoms with Crippen LogP contribution in [0, 0.1) is 116 Å². The third-order valence-corrected chi connectivity index (χ3v) is 11.5. The predicted molar refractivity (Wildman–Crippen MR) is 191 cm³/mol. The largest absolute Gasteiger partial charge is 0.241 e. The van der Waals surface area contributed by atoms with Crippen molar-refractivity contribution in [3.63, 3.8) is 0 Å². The quantitative estimate of drug-likeness (QED) is 0.0493. The van der Waals surface area contributed by atoms with Crippen molar-refractivity contribution < 1.29 is 92.4 Å². The molecule has 0 atom stereocenters. The Kier molecular flexibility index (Phi) is 12.9. The van der Waals surface area contributed by atoms with E-state index in [0.717, 1.165) is 6.54 Å². The van der Waals surface area contributed by atoms with Gasteiger partial charge in [0.15, 0.2) is 76.4 Å². The average molecular weight is 947 g/mol. The molecule has 0 aliphatic carbocycles. The average Bonchev–Trinajstić information content (AvgIpc) is 3.65. The van der Waals surface area contributed by atoms with Crippen LogP contribution in [0.25, 0.3) is 10.2 Å². The summed E-state index contributed by atoms with van der Waals surface area (Å²) in [6.07, 6.45) is -7.22. The molecule has 1 nitrogen and oxygen atoms in total. The minimum atomic E-state index is -7.22. The lowest BCUT2D eigenvalue weighted by atomic mass is 9.12. The van der Waals surface area contributed by atoms with Crippen molar-refractivity contribution in [3.05, 3.63) is 182 Å². The summed E-state index contributed by atoms with van der Waals surface area (Å²) >= 11 is 1.91. The summed E-state index contributed by atoms with van der Waals surface area (Å²) in [7, 11) is 0. The minimum Gasteiger partial charge on any atom is -0.207 e. The van der Waals surface area contributed by atoms with Crippen LogP contribution in [0.2, 0.25) is 0 Å². The molecule has 0 aliphatic heterocycles. The molecule has 0 radical (unpaired) electrons. The van der Waals surface area contributed by atoms with E-state index in [4.69, 9.17) is 0 Å². The van der Waals surface area contributed by atoms with Gasteiger partial charge in [-0.15, -0.1) is 21.9 Å². The SMILES string of the molecule is CC(C)c1sc2ccccc2[n+]1Cc1ccccc1.Fc1c(F)c(F)c([B-](c2c(F)c(F)c(F)c(F)c2F)(c2c(F)c(F)c(F)c(F)c2F)c2c(F)c(F)c(F)c(F)c2F)c(F)c1F. The smallest absolute Gasteiger partial charge is 0.207 e. The first-order valence-electron chi connectivity index (χ1n) is 17.6. The first-order chi connectivity index (χ1) is 30.0. The summed E-state index contributed by atoms with van der Waals surface area (Å²) in [5, 5.41) is 1.45. The normalized spacial score (nSPS) is 11.8. The van der Waals surface area contributed by atoms with Crippen LogP contribution >= 0.6 is 11.3 Å². The lowest BCUT2D eigenvalue weighted by molar-refractivity contribution is -0.666. The molecule has 23 heteroatoms. The summed E-state index contributed by atoms with van der Waals surface area (Å²) < 4.78 is 298. The molecule has 0 N–H and O–H groups in total. The third kappa shape index (κ3) is 7.20. The van der Waals surface area contributed by atoms with Gasteiger partial charge in [-0.05, 0) is 6.07 Å². The van der Waals surface area contributed by atoms with Crippen LogP contribution in [0.3, 0.4) is 0 Å². The molecular formula is C41H18BF20NS. The molecule has 7 aromatic rings. The fourth-order valence-corrected chi connectivity index (χ4v) is 8.45. The second-order valence-corrected chi connectivity index (χ2v) is 15.0. The van der Waals surface area contributed by atoms with Gasteiger partial charge < -0.3 is 0 Å². The maximum Gasteiger partial charge on any atom is 0.241 e. The molecule has 0 aliphatic rings. The third-order valence-electron chi connectivity index (χ3n) is 10.0. The van der Waals surface area contributed by atoms with Crippen molar-refractivity contribution in [3.8, 4) is 0 Å². The molecule has 0 bridgehead atoms. The number of nitrogens with zero attached hydrogens (tertiary/aromatic N) is 1. The monoisotopic (exact) mass is 947 g/mol. The summed E-state index contributed by atoms with van der Waals surface area (Å²) in [5.74, 6) is -70.8. The number of halogens is 20. The molecular weight excluding hydrogens is 929 g/mol. The highest BCUT2D eigenvalue weighted by Gasteiger charge is 2.52. The Hall–Kier alpha value is -6.13. The molecule has 0 saturated carbocycles. The fourth-order valence-electron chi connectivity index (χ4n) is 7.29. The topological polar surface area (TPSA) is 3.88 Å². The zero-order chi connectivity index (χ0) is 47.6. The van der Waals surface area contributed by atoms with Crippen molar-refractivity contribution in [1.29, 1.82) is 0 Å². The summed E-state index contributed by atoms with van der Waals surface area (Å²) in [6.45, 7) is 5.50. The van der Waals surface area contributed by atoms with E-state index >= 15 is 35.1 Å². The first-order valence-corrected chi connectivity index (χ1v) is 18.5. The highest BCUT2D eigenvalue weighted by Crippen LogP contribution is 2.31. The Bertz CT molecular complexity index is 2630. The second-order valence-electron chi connectivity index (χ2n) is 13.9. The van der Waals surface area contributed by atoms with Crippen LogP contribution in [0.1, 0.15) is 30.3 Å². The number of fused-ring (bicyclic) bond motifs is 1. The van der Waals surface area contributed by atoms with Crippen molar-refractivity contribution in [2.75, 3.05) is 0 Å². The molecule has 7 rings (SSSR count). The summed E-state index contributed by atoms with van der Waals surface area (Å²) in [4.78, 5) is 0. The Morgan fingerprint density at radius 3 is 0.938 bits per heavy atom. The maximum absolute atomic E-state index is 15.4. The van der Waals surface area contributed by atoms with Gasteiger partial charge in [-0.2, -0.15) is 4.57 Å². The molecule has 1 aromatic heterocycles. The second kappa shape index (κ2) is 17.4. The molecule has 64 heavy (non-hydrogen) atoms. The molecule has 336 valence electrons. The Morgan fingerprint density at radius 2 is 0.641 bits per heavy atom. The molecule has 0 amide bonds. The van der Waals surface area contributed by atoms with Gasteiger partial charge in [-0.3, -0.25) is 0 Å². The zero-order valence-corrected chi connectivity index (χ0v) is 32.3. The van der Waals surface area contributed by atoms with E-state index in [1.165, 1.54) is 20.8 Å². The van der Waals surface area contributed by atoms with E-state index in [1.54, 1.807) is 0 Å². The molecule has 0 unspecified atom stereocenters. The van der Waals surface area contributed by atoms with Gasteiger partial charge in [-0.25, -0.2) is 87.8 Å². The van der Waals surface area contributed by atoms with Gasteiger partial charge in [0.1, 0.15) is 57.4 Å². The lowest BCUT2D eigenvalue weighted by Crippen LogP contribution is -2.81. The number of aromatic nitrogens is 1. The van der Waals surface area contributed by atoms with Crippen LogP contribution in [0.4, 0.5) is 87.8 Å². The van der Waals surface area contributed by atoms with Gasteiger partial charge in [-0.1, -0.05) is 67.6 Å². The van der Waals surface area contributed by atoms with E-state index in [1.807, 2.05) is 11.3 Å². The van der Waals surface area contributed by atoms with E-state index in [-0.39, 0.29) is 0 Å². The van der Waals surface area contributed by atoms with Gasteiger partial charge in [0.05, 0.1) is 0 Å². The van der Waals surface area contributed by atoms with Crippen LogP contribution in [0.15, 0.2) is 54.6 Å². The Morgan fingerprint density at radius 1 is 0.375 bits per heavy atom. The molecule has 0 spiro atoms. The predicted octanol–water partition coefficient (Wildman–Crippen LogP) is 10.2. The number of benzene rings is 6. The van der Waals surface area contributed by atoms with Crippen LogP contribution in [0.5, 0.6) is 0 Å². The number of hydrogen-bond acceptors (Lipinski definition) is 1. The minimum absolute atomic E-state index is 0.557. The van der Waals surface area contributed by atoms with E-state index in [0.29, 0.717) is 5.92 Å². The van der Waals surface area contributed by atoms with Crippen LogP contribution < -0.4 is 26.4 Å². The van der Waals surface area contributed by atoms with E-state index in [9.17, 15) is 52.7 Å². The number of para-hydroxylation sites is 1. The zero-order valence-electron chi connectivity index (χ0n) is 31.5. The number of rotatable bonds is 7. The fraction of sp³-hybridized carbons (Fsp3) is 0.0976. The van der Waals surface area contributed by atoms with Crippen molar-refractivity contribution in [2.24, 2.45) is 0 Å². The van der Waals surface area contributed by atoms with Crippen LogP contribution in [-0.4, -0.2) is 6.15 Å². The molecule has 0 fully saturated rings. The van der Waals surface area contributed by atoms with Gasteiger partial charge in [0.2, 0.25) is 10.5 Å². The van der Waals surface area contributed by atoms with Gasteiger partial charge >= 0.3 is 0 Å². The van der Waals surface area contributed by atoms with E-state index < -0.39 is 144 Å². The van der Waals surface area contributed by atoms with Crippen molar-refractivity contribution in [1.82, 2.24) is 0 Å². The van der Waals surface area contributed by atoms with E-state index in [2.05, 4.69) is 73.0 Å². The maximum atomic E-state index is 15.4. The molecule has 1 heterocycles. The summed E-state index contributed by atoms with van der Waals surface area (Å²) in [5.41, 5.74) is -11.6. The first kappa shape index (κ1) is 47.4. The van der Waals surface area contributed by atoms with Crippen molar-refractivity contribution >= 4 is 49.6 Å². The molecule has 6 aromatic carbocycles. The standard InChI is InChI=1S/C24BF20.C17H18NS/c26-5-1(6(27)14(35)21(42)13(5)34)25(2-7(28)15(36)22(43)16(37)8(2)29,3-9(30)17(38)23(44)18(39)10(3)31)4-11(32)19(40)24(45)20(41)12(4)33;1-13(2)17-18(12-14-8-4-3-5-9-14)15-10-6-7-11-16(15)19-17/h;3-11,13H,12H2,1-2H3/q-1;+1. The van der Waals surface area contributed by atoms with Gasteiger partial charge in [0.25, 0.3) is 0 Å². The number of hydrogen-bond donors (Lipinski definition) is 0. The lowest BCUT2D eigenvalue weighted by Gasteiger charge is -2.44. The summed E-state index contributed by atoms with van der Waals surface area (Å²) in [6, 6.07) is 19.4.